The molecule has 0 aromatic carbocycles. The highest BCUT2D eigenvalue weighted by molar-refractivity contribution is 5.75. The Morgan fingerprint density at radius 1 is 1.31 bits per heavy atom. The summed E-state index contributed by atoms with van der Waals surface area (Å²) in [5.74, 6) is 0.0553. The average Bonchev–Trinajstić information content (AvgIpc) is 2.20. The van der Waals surface area contributed by atoms with Crippen LogP contribution in [0.1, 0.15) is 40.0 Å². The number of nitrogens with one attached hydrogen (secondary N) is 1. The maximum absolute atomic E-state index is 11.0. The van der Waals surface area contributed by atoms with Crippen LogP contribution < -0.4 is 5.32 Å². The molecular weight excluding hydrogens is 166 g/mol. The van der Waals surface area contributed by atoms with Crippen LogP contribution in [-0.4, -0.2) is 24.2 Å². The van der Waals surface area contributed by atoms with Gasteiger partial charge < -0.3 is 10.4 Å². The average molecular weight is 187 g/mol. The third kappa shape index (κ3) is 3.77. The molecule has 0 aliphatic carbocycles. The lowest BCUT2D eigenvalue weighted by Gasteiger charge is -2.29. The Morgan fingerprint density at radius 3 is 2.15 bits per heavy atom. The van der Waals surface area contributed by atoms with Gasteiger partial charge in [0.25, 0.3) is 0 Å². The zero-order valence-electron chi connectivity index (χ0n) is 8.89. The largest absolute Gasteiger partial charge is 0.396 e. The van der Waals surface area contributed by atoms with Gasteiger partial charge in [0.15, 0.2) is 0 Å². The third-order valence-corrected chi connectivity index (χ3v) is 2.82. The molecular formula is C10H21NO2. The smallest absolute Gasteiger partial charge is 0.219 e. The van der Waals surface area contributed by atoms with Crippen molar-refractivity contribution in [2.24, 2.45) is 5.41 Å². The first-order chi connectivity index (χ1) is 6.14. The van der Waals surface area contributed by atoms with Gasteiger partial charge in [0.05, 0.1) is 6.61 Å². The van der Waals surface area contributed by atoms with Crippen molar-refractivity contribution in [3.8, 4) is 0 Å². The van der Waals surface area contributed by atoms with Crippen LogP contribution in [-0.2, 0) is 4.79 Å². The molecule has 0 bridgehead atoms. The van der Waals surface area contributed by atoms with Gasteiger partial charge in [0.1, 0.15) is 0 Å². The topological polar surface area (TPSA) is 49.3 Å². The van der Waals surface area contributed by atoms with Crippen LogP contribution in [0.5, 0.6) is 0 Å². The van der Waals surface area contributed by atoms with E-state index in [-0.39, 0.29) is 17.9 Å². The van der Waals surface area contributed by atoms with Gasteiger partial charge >= 0.3 is 0 Å². The minimum absolute atomic E-state index is 0.0553. The second-order valence-electron chi connectivity index (χ2n) is 3.50. The van der Waals surface area contributed by atoms with E-state index in [0.29, 0.717) is 13.0 Å². The lowest BCUT2D eigenvalue weighted by molar-refractivity contribution is -0.121. The molecule has 0 unspecified atom stereocenters. The van der Waals surface area contributed by atoms with Crippen molar-refractivity contribution in [3.63, 3.8) is 0 Å². The molecule has 0 radical (unpaired) electrons. The Balaban J connectivity index is 4.02. The number of carbonyl (C=O) groups is 1. The molecule has 0 atom stereocenters. The summed E-state index contributed by atoms with van der Waals surface area (Å²) >= 11 is 0. The number of rotatable bonds is 6. The van der Waals surface area contributed by atoms with Crippen LogP contribution in [0, 0.1) is 5.41 Å². The fraction of sp³-hybridized carbons (Fsp3) is 0.900. The number of hydrogen-bond donors (Lipinski definition) is 2. The van der Waals surface area contributed by atoms with Gasteiger partial charge in [-0.05, 0) is 12.8 Å². The SMILES string of the molecule is CCC(=O)NCC(CC)(CC)CO. The van der Waals surface area contributed by atoms with E-state index in [1.54, 1.807) is 0 Å². The summed E-state index contributed by atoms with van der Waals surface area (Å²) in [6.45, 7) is 6.64. The molecule has 0 fully saturated rings. The summed E-state index contributed by atoms with van der Waals surface area (Å²) in [6.07, 6.45) is 2.29. The number of aliphatic hydroxyl groups is 1. The molecule has 0 aromatic rings. The van der Waals surface area contributed by atoms with Crippen LogP contribution in [0.2, 0.25) is 0 Å². The van der Waals surface area contributed by atoms with Crippen molar-refractivity contribution in [3.05, 3.63) is 0 Å². The van der Waals surface area contributed by atoms with Gasteiger partial charge in [0.2, 0.25) is 5.91 Å². The van der Waals surface area contributed by atoms with Crippen LogP contribution >= 0.6 is 0 Å². The lowest BCUT2D eigenvalue weighted by Crippen LogP contribution is -2.39. The fourth-order valence-corrected chi connectivity index (χ4v) is 1.19. The van der Waals surface area contributed by atoms with E-state index < -0.39 is 0 Å². The summed E-state index contributed by atoms with van der Waals surface area (Å²) in [7, 11) is 0. The predicted octanol–water partition coefficient (Wildman–Crippen LogP) is 1.31. The van der Waals surface area contributed by atoms with E-state index >= 15 is 0 Å². The zero-order chi connectivity index (χ0) is 10.3. The normalized spacial score (nSPS) is 11.4. The first-order valence-electron chi connectivity index (χ1n) is 5.01. The predicted molar refractivity (Wildman–Crippen MR) is 53.4 cm³/mol. The van der Waals surface area contributed by atoms with Crippen LogP contribution in [0.3, 0.4) is 0 Å². The van der Waals surface area contributed by atoms with Gasteiger partial charge in [-0.25, -0.2) is 0 Å². The molecule has 3 nitrogen and oxygen atoms in total. The monoisotopic (exact) mass is 187 g/mol. The molecule has 0 aliphatic rings. The molecule has 78 valence electrons. The molecule has 0 spiro atoms. The highest BCUT2D eigenvalue weighted by atomic mass is 16.3. The Kier molecular flexibility index (Phi) is 5.71. The van der Waals surface area contributed by atoms with Crippen molar-refractivity contribution >= 4 is 5.91 Å². The van der Waals surface area contributed by atoms with E-state index in [1.807, 2.05) is 20.8 Å². The van der Waals surface area contributed by atoms with E-state index in [0.717, 1.165) is 12.8 Å². The van der Waals surface area contributed by atoms with Crippen molar-refractivity contribution in [1.82, 2.24) is 5.32 Å². The molecule has 0 saturated heterocycles. The third-order valence-electron chi connectivity index (χ3n) is 2.82. The lowest BCUT2D eigenvalue weighted by atomic mass is 9.83. The first-order valence-corrected chi connectivity index (χ1v) is 5.01. The molecule has 3 heteroatoms. The highest BCUT2D eigenvalue weighted by Gasteiger charge is 2.25. The molecule has 1 amide bonds. The van der Waals surface area contributed by atoms with Crippen molar-refractivity contribution in [1.29, 1.82) is 0 Å². The summed E-state index contributed by atoms with van der Waals surface area (Å²) < 4.78 is 0. The van der Waals surface area contributed by atoms with Gasteiger partial charge in [-0.15, -0.1) is 0 Å². The quantitative estimate of drug-likeness (QED) is 0.658. The van der Waals surface area contributed by atoms with Gasteiger partial charge in [0, 0.05) is 18.4 Å². The summed E-state index contributed by atoms with van der Waals surface area (Å²) in [5, 5.41) is 12.0. The Morgan fingerprint density at radius 2 is 1.85 bits per heavy atom. The molecule has 0 rings (SSSR count). The van der Waals surface area contributed by atoms with E-state index in [2.05, 4.69) is 5.32 Å². The van der Waals surface area contributed by atoms with Crippen LogP contribution in [0.15, 0.2) is 0 Å². The first kappa shape index (κ1) is 12.4. The number of hydrogen-bond acceptors (Lipinski definition) is 2. The molecule has 0 heterocycles. The number of aliphatic hydroxyl groups excluding tert-OH is 1. The van der Waals surface area contributed by atoms with Crippen LogP contribution in [0.4, 0.5) is 0 Å². The molecule has 0 aliphatic heterocycles. The molecule has 0 saturated carbocycles. The van der Waals surface area contributed by atoms with Gasteiger partial charge in [-0.3, -0.25) is 4.79 Å². The number of carbonyl (C=O) groups excluding carboxylic acids is 1. The fourth-order valence-electron chi connectivity index (χ4n) is 1.19. The Hall–Kier alpha value is -0.570. The van der Waals surface area contributed by atoms with E-state index in [4.69, 9.17) is 0 Å². The van der Waals surface area contributed by atoms with Crippen molar-refractivity contribution in [2.45, 2.75) is 40.0 Å². The van der Waals surface area contributed by atoms with Crippen molar-refractivity contribution in [2.75, 3.05) is 13.2 Å². The van der Waals surface area contributed by atoms with Gasteiger partial charge in [-0.2, -0.15) is 0 Å². The second-order valence-corrected chi connectivity index (χ2v) is 3.50. The van der Waals surface area contributed by atoms with Gasteiger partial charge in [-0.1, -0.05) is 20.8 Å². The van der Waals surface area contributed by atoms with Crippen LogP contribution in [0.25, 0.3) is 0 Å². The summed E-state index contributed by atoms with van der Waals surface area (Å²) in [5.41, 5.74) is -0.120. The molecule has 13 heavy (non-hydrogen) atoms. The minimum Gasteiger partial charge on any atom is -0.396 e. The maximum atomic E-state index is 11.0. The standard InChI is InChI=1S/C10H21NO2/c1-4-9(13)11-7-10(5-2,6-3)8-12/h12H,4-8H2,1-3H3,(H,11,13). The Labute approximate surface area is 80.5 Å². The van der Waals surface area contributed by atoms with E-state index in [9.17, 15) is 9.90 Å². The molecule has 2 N–H and O–H groups in total. The van der Waals surface area contributed by atoms with Crippen molar-refractivity contribution < 1.29 is 9.90 Å². The summed E-state index contributed by atoms with van der Waals surface area (Å²) in [4.78, 5) is 11.0. The van der Waals surface area contributed by atoms with E-state index in [1.165, 1.54) is 0 Å². The Bertz CT molecular complexity index is 145. The maximum Gasteiger partial charge on any atom is 0.219 e. The minimum atomic E-state index is -0.120. The number of amides is 1. The highest BCUT2D eigenvalue weighted by Crippen LogP contribution is 2.24. The zero-order valence-corrected chi connectivity index (χ0v) is 8.89. The molecule has 0 aromatic heterocycles. The summed E-state index contributed by atoms with van der Waals surface area (Å²) in [6, 6.07) is 0. The second kappa shape index (κ2) is 5.97.